The molecule has 0 aliphatic heterocycles. The summed E-state index contributed by atoms with van der Waals surface area (Å²) in [6, 6.07) is 12.5. The van der Waals surface area contributed by atoms with E-state index in [-0.39, 0.29) is 10.7 Å². The molecule has 0 aliphatic carbocycles. The van der Waals surface area contributed by atoms with Crippen LogP contribution in [0, 0.1) is 0 Å². The van der Waals surface area contributed by atoms with Crippen molar-refractivity contribution in [1.29, 1.82) is 0 Å². The molecule has 2 rings (SSSR count). The number of Topliss-reactive ketones (excluding diaryl/α,β-unsaturated/α-hetero) is 1. The number of carbonyl (C=O) groups excluding carboxylic acids is 1. The first kappa shape index (κ1) is 16.5. The topological polar surface area (TPSA) is 60.4 Å². The van der Waals surface area contributed by atoms with Crippen LogP contribution in [0.4, 0.5) is 0 Å². The molecule has 1 atom stereocenters. The van der Waals surface area contributed by atoms with E-state index in [4.69, 9.17) is 16.3 Å². The van der Waals surface area contributed by atoms with Crippen molar-refractivity contribution in [3.8, 4) is 5.75 Å². The van der Waals surface area contributed by atoms with Gasteiger partial charge in [0.05, 0.1) is 4.90 Å². The second-order valence-corrected chi connectivity index (χ2v) is 7.33. The first-order chi connectivity index (χ1) is 10.3. The van der Waals surface area contributed by atoms with Gasteiger partial charge in [-0.25, -0.2) is 8.42 Å². The number of benzene rings is 2. The highest BCUT2D eigenvalue weighted by Crippen LogP contribution is 2.19. The Morgan fingerprint density at radius 3 is 2.09 bits per heavy atom. The molecule has 6 heteroatoms. The van der Waals surface area contributed by atoms with Crippen molar-refractivity contribution < 1.29 is 17.9 Å². The van der Waals surface area contributed by atoms with E-state index in [0.717, 1.165) is 6.26 Å². The van der Waals surface area contributed by atoms with Gasteiger partial charge in [-0.2, -0.15) is 0 Å². The van der Waals surface area contributed by atoms with Crippen LogP contribution in [0.5, 0.6) is 5.75 Å². The first-order valence-electron chi connectivity index (χ1n) is 6.54. The molecule has 0 spiro atoms. The monoisotopic (exact) mass is 338 g/mol. The Morgan fingerprint density at radius 1 is 1.05 bits per heavy atom. The molecule has 2 aromatic rings. The number of hydrogen-bond donors (Lipinski definition) is 0. The van der Waals surface area contributed by atoms with Crippen LogP contribution in [-0.2, 0) is 9.84 Å². The largest absolute Gasteiger partial charge is 0.483 e. The molecule has 0 radical (unpaired) electrons. The van der Waals surface area contributed by atoms with Crippen LogP contribution in [-0.4, -0.2) is 26.6 Å². The molecule has 0 fully saturated rings. The van der Waals surface area contributed by atoms with E-state index in [1.165, 1.54) is 24.3 Å². The van der Waals surface area contributed by atoms with Crippen molar-refractivity contribution in [3.63, 3.8) is 0 Å². The summed E-state index contributed by atoms with van der Waals surface area (Å²) in [4.78, 5) is 12.4. The van der Waals surface area contributed by atoms with Gasteiger partial charge in [-0.15, -0.1) is 0 Å². The Hall–Kier alpha value is -1.85. The molecule has 0 N–H and O–H groups in total. The Balaban J connectivity index is 2.10. The highest BCUT2D eigenvalue weighted by Gasteiger charge is 2.17. The lowest BCUT2D eigenvalue weighted by atomic mass is 10.1. The molecule has 1 unspecified atom stereocenters. The van der Waals surface area contributed by atoms with Gasteiger partial charge in [0.1, 0.15) is 5.75 Å². The first-order valence-corrected chi connectivity index (χ1v) is 8.81. The quantitative estimate of drug-likeness (QED) is 0.784. The Kier molecular flexibility index (Phi) is 4.88. The van der Waals surface area contributed by atoms with Crippen LogP contribution < -0.4 is 4.74 Å². The standard InChI is InChI=1S/C16H15ClO4S/c1-11(16(18)12-3-5-13(17)6-4-12)21-14-7-9-15(10-8-14)22(2,19)20/h3-11H,1-2H3. The zero-order valence-electron chi connectivity index (χ0n) is 12.1. The van der Waals surface area contributed by atoms with Crippen molar-refractivity contribution in [3.05, 3.63) is 59.1 Å². The maximum absolute atomic E-state index is 12.2. The van der Waals surface area contributed by atoms with E-state index in [1.54, 1.807) is 31.2 Å². The van der Waals surface area contributed by atoms with Gasteiger partial charge in [0.2, 0.25) is 5.78 Å². The van der Waals surface area contributed by atoms with E-state index in [9.17, 15) is 13.2 Å². The minimum Gasteiger partial charge on any atom is -0.483 e. The number of hydrogen-bond acceptors (Lipinski definition) is 4. The van der Waals surface area contributed by atoms with Crippen molar-refractivity contribution in [2.75, 3.05) is 6.26 Å². The third-order valence-electron chi connectivity index (χ3n) is 3.06. The van der Waals surface area contributed by atoms with Crippen molar-refractivity contribution in [2.24, 2.45) is 0 Å². The summed E-state index contributed by atoms with van der Waals surface area (Å²) in [5.41, 5.74) is 0.504. The Labute approximate surface area is 134 Å². The number of sulfone groups is 1. The lowest BCUT2D eigenvalue weighted by Crippen LogP contribution is -2.23. The molecular weight excluding hydrogens is 324 g/mol. The average Bonchev–Trinajstić information content (AvgIpc) is 2.47. The number of halogens is 1. The highest BCUT2D eigenvalue weighted by atomic mass is 35.5. The fraction of sp³-hybridized carbons (Fsp3) is 0.188. The molecule has 0 aromatic heterocycles. The van der Waals surface area contributed by atoms with E-state index in [2.05, 4.69) is 0 Å². The van der Waals surface area contributed by atoms with Gasteiger partial charge in [0.25, 0.3) is 0 Å². The molecule has 0 saturated carbocycles. The Morgan fingerprint density at radius 2 is 1.59 bits per heavy atom. The fourth-order valence-corrected chi connectivity index (χ4v) is 2.63. The third kappa shape index (κ3) is 4.08. The van der Waals surface area contributed by atoms with Gasteiger partial charge in [-0.05, 0) is 55.5 Å². The van der Waals surface area contributed by atoms with Gasteiger partial charge in [0.15, 0.2) is 15.9 Å². The van der Waals surface area contributed by atoms with Crippen LogP contribution in [0.3, 0.4) is 0 Å². The van der Waals surface area contributed by atoms with Crippen molar-refractivity contribution in [2.45, 2.75) is 17.9 Å². The van der Waals surface area contributed by atoms with Gasteiger partial charge in [-0.1, -0.05) is 11.6 Å². The molecule has 0 bridgehead atoms. The molecule has 116 valence electrons. The summed E-state index contributed by atoms with van der Waals surface area (Å²) >= 11 is 5.79. The number of ketones is 1. The number of rotatable bonds is 5. The summed E-state index contributed by atoms with van der Waals surface area (Å²) < 4.78 is 28.3. The van der Waals surface area contributed by atoms with E-state index in [1.807, 2.05) is 0 Å². The molecule has 0 saturated heterocycles. The van der Waals surface area contributed by atoms with Gasteiger partial charge in [-0.3, -0.25) is 4.79 Å². The number of carbonyl (C=O) groups is 1. The molecule has 0 amide bonds. The fourth-order valence-electron chi connectivity index (χ4n) is 1.87. The summed E-state index contributed by atoms with van der Waals surface area (Å²) in [5, 5.41) is 0.557. The van der Waals surface area contributed by atoms with Crippen molar-refractivity contribution >= 4 is 27.2 Å². The maximum Gasteiger partial charge on any atom is 0.202 e. The second-order valence-electron chi connectivity index (χ2n) is 4.87. The molecule has 0 aliphatic rings. The molecule has 2 aromatic carbocycles. The molecule has 22 heavy (non-hydrogen) atoms. The average molecular weight is 339 g/mol. The molecule has 0 heterocycles. The Bertz CT molecular complexity index is 765. The third-order valence-corrected chi connectivity index (χ3v) is 4.44. The minimum absolute atomic E-state index is 0.177. The highest BCUT2D eigenvalue weighted by molar-refractivity contribution is 7.90. The zero-order chi connectivity index (χ0) is 16.3. The van der Waals surface area contributed by atoms with Crippen LogP contribution in [0.2, 0.25) is 5.02 Å². The SMILES string of the molecule is CC(Oc1ccc(S(C)(=O)=O)cc1)C(=O)c1ccc(Cl)cc1. The van der Waals surface area contributed by atoms with E-state index in [0.29, 0.717) is 16.3 Å². The second kappa shape index (κ2) is 6.50. The van der Waals surface area contributed by atoms with Gasteiger partial charge >= 0.3 is 0 Å². The molecular formula is C16H15ClO4S. The van der Waals surface area contributed by atoms with Crippen LogP contribution in [0.1, 0.15) is 17.3 Å². The van der Waals surface area contributed by atoms with Crippen LogP contribution in [0.25, 0.3) is 0 Å². The normalized spacial score (nSPS) is 12.7. The number of ether oxygens (including phenoxy) is 1. The summed E-state index contributed by atoms with van der Waals surface area (Å²) in [5.74, 6) is 0.256. The maximum atomic E-state index is 12.2. The van der Waals surface area contributed by atoms with E-state index >= 15 is 0 Å². The van der Waals surface area contributed by atoms with E-state index < -0.39 is 15.9 Å². The summed E-state index contributed by atoms with van der Waals surface area (Å²) in [7, 11) is -3.25. The summed E-state index contributed by atoms with van der Waals surface area (Å²) in [6.45, 7) is 1.64. The van der Waals surface area contributed by atoms with Gasteiger partial charge in [0, 0.05) is 16.8 Å². The lowest BCUT2D eigenvalue weighted by Gasteiger charge is -2.14. The van der Waals surface area contributed by atoms with Crippen LogP contribution >= 0.6 is 11.6 Å². The predicted molar refractivity (Wildman–Crippen MR) is 85.4 cm³/mol. The zero-order valence-corrected chi connectivity index (χ0v) is 13.7. The smallest absolute Gasteiger partial charge is 0.202 e. The van der Waals surface area contributed by atoms with Gasteiger partial charge < -0.3 is 4.74 Å². The summed E-state index contributed by atoms with van der Waals surface area (Å²) in [6.07, 6.45) is 0.445. The lowest BCUT2D eigenvalue weighted by molar-refractivity contribution is 0.0818. The van der Waals surface area contributed by atoms with Crippen molar-refractivity contribution in [1.82, 2.24) is 0 Å². The van der Waals surface area contributed by atoms with Crippen LogP contribution in [0.15, 0.2) is 53.4 Å². The molecule has 4 nitrogen and oxygen atoms in total. The predicted octanol–water partition coefficient (Wildman–Crippen LogP) is 3.39. The minimum atomic E-state index is -3.25.